The van der Waals surface area contributed by atoms with E-state index in [0.29, 0.717) is 29.2 Å². The normalized spacial score (nSPS) is 16.3. The fourth-order valence-electron chi connectivity index (χ4n) is 4.30. The largest absolute Gasteiger partial charge is 0.486 e. The van der Waals surface area contributed by atoms with E-state index in [1.54, 1.807) is 6.07 Å². The van der Waals surface area contributed by atoms with Gasteiger partial charge in [0.05, 0.1) is 22.0 Å². The van der Waals surface area contributed by atoms with Gasteiger partial charge in [-0.3, -0.25) is 9.59 Å². The molecule has 7 nitrogen and oxygen atoms in total. The predicted molar refractivity (Wildman–Crippen MR) is 126 cm³/mol. The molecular formula is C24H15ClFN3O4S. The van der Waals surface area contributed by atoms with Gasteiger partial charge >= 0.3 is 0 Å². The summed E-state index contributed by atoms with van der Waals surface area (Å²) in [6.45, 7) is 0.575. The number of ether oxygens (including phenoxy) is 2. The highest BCUT2D eigenvalue weighted by atomic mass is 35.5. The fraction of sp³-hybridized carbons (Fsp3) is 0.125. The van der Waals surface area contributed by atoms with Crippen LogP contribution in [0.2, 0.25) is 5.02 Å². The Labute approximate surface area is 201 Å². The van der Waals surface area contributed by atoms with E-state index in [1.165, 1.54) is 29.7 Å². The Bertz CT molecular complexity index is 1510. The maximum atomic E-state index is 14.1. The van der Waals surface area contributed by atoms with E-state index in [9.17, 15) is 14.0 Å². The number of aromatic nitrogens is 1. The summed E-state index contributed by atoms with van der Waals surface area (Å²) < 4.78 is 30.7. The zero-order valence-electron chi connectivity index (χ0n) is 17.4. The Kier molecular flexibility index (Phi) is 4.89. The summed E-state index contributed by atoms with van der Waals surface area (Å²) in [7, 11) is 0. The van der Waals surface area contributed by atoms with Crippen molar-refractivity contribution in [3.8, 4) is 11.5 Å². The Hall–Kier alpha value is -3.69. The molecule has 0 bridgehead atoms. The van der Waals surface area contributed by atoms with Crippen LogP contribution in [-0.2, 0) is 0 Å². The molecule has 0 saturated carbocycles. The molecule has 170 valence electrons. The highest BCUT2D eigenvalue weighted by Crippen LogP contribution is 2.48. The van der Waals surface area contributed by atoms with Gasteiger partial charge in [-0.05, 0) is 35.8 Å². The number of carbonyl (C=O) groups is 2. The second kappa shape index (κ2) is 7.96. The van der Waals surface area contributed by atoms with E-state index in [2.05, 4.69) is 15.0 Å². The zero-order chi connectivity index (χ0) is 23.4. The second-order valence-electron chi connectivity index (χ2n) is 7.79. The van der Waals surface area contributed by atoms with Crippen LogP contribution in [0.1, 0.15) is 38.0 Å². The minimum atomic E-state index is -0.802. The summed E-state index contributed by atoms with van der Waals surface area (Å²) in [5.74, 6) is -0.758. The average Bonchev–Trinajstić information content (AvgIpc) is 3.42. The number of anilines is 1. The van der Waals surface area contributed by atoms with Crippen molar-refractivity contribution in [1.29, 1.82) is 0 Å². The third-order valence-electron chi connectivity index (χ3n) is 5.77. The van der Waals surface area contributed by atoms with Crippen LogP contribution < -0.4 is 20.1 Å². The van der Waals surface area contributed by atoms with Crippen LogP contribution in [0.15, 0.2) is 48.5 Å². The number of benzene rings is 3. The van der Waals surface area contributed by atoms with Crippen molar-refractivity contribution in [2.75, 3.05) is 18.5 Å². The van der Waals surface area contributed by atoms with E-state index in [4.69, 9.17) is 21.1 Å². The van der Waals surface area contributed by atoms with Crippen LogP contribution in [0.25, 0.3) is 10.1 Å². The van der Waals surface area contributed by atoms with Crippen molar-refractivity contribution in [2.45, 2.75) is 6.04 Å². The summed E-state index contributed by atoms with van der Waals surface area (Å²) in [6, 6.07) is 12.2. The highest BCUT2D eigenvalue weighted by Gasteiger charge is 2.39. The molecule has 6 rings (SSSR count). The molecule has 3 aromatic carbocycles. The minimum absolute atomic E-state index is 0.223. The van der Waals surface area contributed by atoms with Gasteiger partial charge in [0.15, 0.2) is 11.5 Å². The third-order valence-corrected chi connectivity index (χ3v) is 6.94. The molecule has 0 spiro atoms. The lowest BCUT2D eigenvalue weighted by molar-refractivity contribution is 0.0950. The molecule has 0 saturated heterocycles. The number of carbonyl (C=O) groups excluding carboxylic acids is 2. The first-order valence-corrected chi connectivity index (χ1v) is 11.5. The summed E-state index contributed by atoms with van der Waals surface area (Å²) in [6.07, 6.45) is 0. The fourth-order valence-corrected chi connectivity index (χ4v) is 5.30. The maximum Gasteiger partial charge on any atom is 0.276 e. The SMILES string of the molecule is O=C1NC(c2cc(F)ccc2Cl)c2c(NC(=O)c3nsc4ccccc34)cc3c(c21)OCCO3. The topological polar surface area (TPSA) is 89.6 Å². The van der Waals surface area contributed by atoms with Gasteiger partial charge in [-0.15, -0.1) is 0 Å². The van der Waals surface area contributed by atoms with Gasteiger partial charge in [0.25, 0.3) is 11.8 Å². The molecule has 0 radical (unpaired) electrons. The molecule has 2 amide bonds. The van der Waals surface area contributed by atoms with Gasteiger partial charge in [0.2, 0.25) is 0 Å². The smallest absolute Gasteiger partial charge is 0.276 e. The van der Waals surface area contributed by atoms with Gasteiger partial charge in [-0.2, -0.15) is 4.37 Å². The van der Waals surface area contributed by atoms with Gasteiger partial charge in [-0.25, -0.2) is 4.39 Å². The lowest BCUT2D eigenvalue weighted by Gasteiger charge is -2.23. The Morgan fingerprint density at radius 1 is 1.18 bits per heavy atom. The Morgan fingerprint density at radius 2 is 2.00 bits per heavy atom. The number of nitrogens with one attached hydrogen (secondary N) is 2. The van der Waals surface area contributed by atoms with Crippen LogP contribution in [0.4, 0.5) is 10.1 Å². The first-order chi connectivity index (χ1) is 16.5. The molecule has 2 N–H and O–H groups in total. The van der Waals surface area contributed by atoms with Gasteiger partial charge in [-0.1, -0.05) is 29.8 Å². The monoisotopic (exact) mass is 495 g/mol. The van der Waals surface area contributed by atoms with E-state index >= 15 is 0 Å². The molecule has 0 aliphatic carbocycles. The highest BCUT2D eigenvalue weighted by molar-refractivity contribution is 7.13. The molecule has 10 heteroatoms. The van der Waals surface area contributed by atoms with Gasteiger partial charge in [0.1, 0.15) is 24.7 Å². The van der Waals surface area contributed by atoms with Crippen LogP contribution in [0.3, 0.4) is 0 Å². The van der Waals surface area contributed by atoms with E-state index in [-0.39, 0.29) is 28.6 Å². The van der Waals surface area contributed by atoms with Crippen molar-refractivity contribution in [2.24, 2.45) is 0 Å². The summed E-state index contributed by atoms with van der Waals surface area (Å²) in [5, 5.41) is 6.72. The number of hydrogen-bond donors (Lipinski definition) is 2. The Balaban J connectivity index is 1.51. The minimum Gasteiger partial charge on any atom is -0.486 e. The van der Waals surface area contributed by atoms with E-state index < -0.39 is 23.7 Å². The van der Waals surface area contributed by atoms with E-state index in [1.807, 2.05) is 24.3 Å². The first-order valence-electron chi connectivity index (χ1n) is 10.4. The molecule has 1 unspecified atom stereocenters. The molecular weight excluding hydrogens is 481 g/mol. The number of rotatable bonds is 3. The number of halogens is 2. The van der Waals surface area contributed by atoms with Crippen molar-refractivity contribution >= 4 is 50.7 Å². The lowest BCUT2D eigenvalue weighted by Crippen LogP contribution is -2.21. The summed E-state index contributed by atoms with van der Waals surface area (Å²) >= 11 is 7.59. The van der Waals surface area contributed by atoms with Crippen molar-refractivity contribution in [3.05, 3.63) is 81.8 Å². The molecule has 1 atom stereocenters. The van der Waals surface area contributed by atoms with Crippen molar-refractivity contribution in [3.63, 3.8) is 0 Å². The van der Waals surface area contributed by atoms with Crippen molar-refractivity contribution < 1.29 is 23.5 Å². The maximum absolute atomic E-state index is 14.1. The molecule has 34 heavy (non-hydrogen) atoms. The molecule has 4 aromatic rings. The quantitative estimate of drug-likeness (QED) is 0.420. The summed E-state index contributed by atoms with van der Waals surface area (Å²) in [5.41, 5.74) is 1.60. The van der Waals surface area contributed by atoms with Gasteiger partial charge in [0, 0.05) is 27.6 Å². The van der Waals surface area contributed by atoms with Crippen LogP contribution in [0.5, 0.6) is 11.5 Å². The van der Waals surface area contributed by atoms with Gasteiger partial charge < -0.3 is 20.1 Å². The zero-order valence-corrected chi connectivity index (χ0v) is 18.9. The molecule has 1 aromatic heterocycles. The third kappa shape index (κ3) is 3.27. The standard InChI is InChI=1S/C24H15ClFN3O4S/c25-14-6-5-11(26)9-13(14)20-18-15(10-16-22(33-8-7-32-16)19(18)23(30)28-20)27-24(31)21-12-3-1-2-4-17(12)34-29-21/h1-6,9-10,20H,7-8H2,(H,27,31)(H,28,30). The first kappa shape index (κ1) is 20.9. The molecule has 0 fully saturated rings. The number of fused-ring (bicyclic) bond motifs is 4. The van der Waals surface area contributed by atoms with Crippen molar-refractivity contribution in [1.82, 2.24) is 9.69 Å². The average molecular weight is 496 g/mol. The lowest BCUT2D eigenvalue weighted by atomic mass is 9.95. The predicted octanol–water partition coefficient (Wildman–Crippen LogP) is 4.95. The molecule has 3 heterocycles. The summed E-state index contributed by atoms with van der Waals surface area (Å²) in [4.78, 5) is 26.3. The second-order valence-corrected chi connectivity index (χ2v) is 9.00. The van der Waals surface area contributed by atoms with Crippen LogP contribution in [0, 0.1) is 5.82 Å². The molecule has 2 aliphatic heterocycles. The van der Waals surface area contributed by atoms with E-state index in [0.717, 1.165) is 10.1 Å². The molecule has 2 aliphatic rings. The Morgan fingerprint density at radius 3 is 2.88 bits per heavy atom. The number of amides is 2. The number of nitrogens with zero attached hydrogens (tertiary/aromatic N) is 1. The number of hydrogen-bond acceptors (Lipinski definition) is 6. The van der Waals surface area contributed by atoms with Crippen LogP contribution in [-0.4, -0.2) is 29.4 Å². The van der Waals surface area contributed by atoms with Crippen LogP contribution >= 0.6 is 23.1 Å².